The highest BCUT2D eigenvalue weighted by Gasteiger charge is 2.23. The van der Waals surface area contributed by atoms with Gasteiger partial charge < -0.3 is 4.90 Å². The first-order valence-corrected chi connectivity index (χ1v) is 22.0. The number of nitrogens with zero attached hydrogens (tertiary/aromatic N) is 1. The van der Waals surface area contributed by atoms with Crippen molar-refractivity contribution in [2.45, 2.75) is 0 Å². The largest absolute Gasteiger partial charge is 0.310 e. The first-order chi connectivity index (χ1) is 28.7. The molecule has 58 heavy (non-hydrogen) atoms. The molecule has 0 spiro atoms. The zero-order chi connectivity index (χ0) is 38.2. The molecule has 0 N–H and O–H groups in total. The molecule has 3 heterocycles. The van der Waals surface area contributed by atoms with Crippen molar-refractivity contribution in [3.8, 4) is 33.4 Å². The lowest BCUT2D eigenvalue weighted by molar-refractivity contribution is 1.32. The van der Waals surface area contributed by atoms with E-state index >= 15 is 0 Å². The minimum absolute atomic E-state index is 1.14. The molecule has 0 aliphatic rings. The Kier molecular flexibility index (Phi) is 7.83. The van der Waals surface area contributed by atoms with Gasteiger partial charge in [0, 0.05) is 77.5 Å². The Morgan fingerprint density at radius 1 is 0.293 bits per heavy atom. The van der Waals surface area contributed by atoms with E-state index in [0.29, 0.717) is 0 Å². The summed E-state index contributed by atoms with van der Waals surface area (Å²) >= 11 is 5.66. The summed E-state index contributed by atoms with van der Waals surface area (Å²) in [5.41, 5.74) is 11.0. The van der Waals surface area contributed by atoms with Crippen molar-refractivity contribution in [3.05, 3.63) is 200 Å². The SMILES string of the molecule is c1ccc(-c2cc(-c3ccccc3)c3sc4cc(N(c5ccc6sc7ccccc7c6c5)c5ccc(-c6ccccc6)c6sc7ccccc7c56)ccc4c3c2)cc1. The Balaban J connectivity index is 1.14. The summed E-state index contributed by atoms with van der Waals surface area (Å²) in [4.78, 5) is 2.51. The van der Waals surface area contributed by atoms with Gasteiger partial charge in [-0.25, -0.2) is 0 Å². The molecule has 0 aliphatic carbocycles. The first kappa shape index (κ1) is 33.6. The second-order valence-corrected chi connectivity index (χ2v) is 18.0. The standard InChI is InChI=1S/C54H33NS3/c1-4-14-34(15-5-1)37-30-44(36-18-8-3-9-19-36)53-46(31-37)42-26-24-39(33-51(42)58-53)55(38-25-29-50-45(32-38)41-20-10-12-22-48(41)56-50)47-28-27-40(35-16-6-2-7-17-35)54-52(47)43-21-11-13-23-49(43)57-54/h1-33H. The van der Waals surface area contributed by atoms with E-state index in [-0.39, 0.29) is 0 Å². The molecule has 0 fully saturated rings. The lowest BCUT2D eigenvalue weighted by atomic mass is 9.96. The lowest BCUT2D eigenvalue weighted by Gasteiger charge is -2.27. The molecule has 3 aromatic heterocycles. The van der Waals surface area contributed by atoms with Gasteiger partial charge in [-0.2, -0.15) is 0 Å². The van der Waals surface area contributed by atoms with Gasteiger partial charge in [0.15, 0.2) is 0 Å². The molecular weight excluding hydrogens is 759 g/mol. The minimum atomic E-state index is 1.14. The molecule has 0 saturated heterocycles. The molecule has 0 aliphatic heterocycles. The van der Waals surface area contributed by atoms with Gasteiger partial charge >= 0.3 is 0 Å². The zero-order valence-corrected chi connectivity index (χ0v) is 33.7. The quantitative estimate of drug-likeness (QED) is 0.162. The van der Waals surface area contributed by atoms with Gasteiger partial charge in [-0.05, 0) is 88.5 Å². The van der Waals surface area contributed by atoms with Gasteiger partial charge in [0.2, 0.25) is 0 Å². The molecule has 272 valence electrons. The van der Waals surface area contributed by atoms with Gasteiger partial charge in [-0.3, -0.25) is 0 Å². The van der Waals surface area contributed by atoms with Crippen molar-refractivity contribution in [1.29, 1.82) is 0 Å². The molecule has 0 radical (unpaired) electrons. The van der Waals surface area contributed by atoms with Crippen molar-refractivity contribution in [2.24, 2.45) is 0 Å². The van der Waals surface area contributed by atoms with Crippen LogP contribution in [0.5, 0.6) is 0 Å². The predicted molar refractivity (Wildman–Crippen MR) is 256 cm³/mol. The van der Waals surface area contributed by atoms with E-state index in [0.717, 1.165) is 11.4 Å². The molecule has 12 aromatic rings. The molecule has 0 amide bonds. The number of rotatable bonds is 6. The van der Waals surface area contributed by atoms with Crippen molar-refractivity contribution < 1.29 is 0 Å². The van der Waals surface area contributed by atoms with E-state index in [9.17, 15) is 0 Å². The fraction of sp³-hybridized carbons (Fsp3) is 0. The maximum atomic E-state index is 2.51. The Hall–Kier alpha value is -6.56. The van der Waals surface area contributed by atoms with Crippen molar-refractivity contribution in [2.75, 3.05) is 4.90 Å². The fourth-order valence-electron chi connectivity index (χ4n) is 8.76. The van der Waals surface area contributed by atoms with E-state index in [1.54, 1.807) is 0 Å². The molecule has 9 aromatic carbocycles. The highest BCUT2D eigenvalue weighted by atomic mass is 32.1. The molecule has 0 saturated carbocycles. The monoisotopic (exact) mass is 791 g/mol. The third-order valence-electron chi connectivity index (χ3n) is 11.5. The van der Waals surface area contributed by atoms with Crippen LogP contribution in [0.3, 0.4) is 0 Å². The van der Waals surface area contributed by atoms with Gasteiger partial charge in [0.25, 0.3) is 0 Å². The molecular formula is C54H33NS3. The molecule has 0 unspecified atom stereocenters. The average molecular weight is 792 g/mol. The number of benzene rings is 9. The third-order valence-corrected chi connectivity index (χ3v) is 15.0. The number of hydrogen-bond acceptors (Lipinski definition) is 4. The predicted octanol–water partition coefficient (Wildman–Crippen LogP) is 17.3. The number of hydrogen-bond donors (Lipinski definition) is 0. The van der Waals surface area contributed by atoms with Gasteiger partial charge in [-0.15, -0.1) is 34.0 Å². The van der Waals surface area contributed by atoms with Crippen LogP contribution in [0.15, 0.2) is 200 Å². The summed E-state index contributed by atoms with van der Waals surface area (Å²) in [6.07, 6.45) is 0. The van der Waals surface area contributed by atoms with E-state index < -0.39 is 0 Å². The van der Waals surface area contributed by atoms with Gasteiger partial charge in [0.1, 0.15) is 0 Å². The number of thiophene rings is 3. The second-order valence-electron chi connectivity index (χ2n) is 14.8. The maximum Gasteiger partial charge on any atom is 0.0555 e. The molecule has 12 rings (SSSR count). The molecule has 0 atom stereocenters. The summed E-state index contributed by atoms with van der Waals surface area (Å²) in [6, 6.07) is 73.8. The van der Waals surface area contributed by atoms with Gasteiger partial charge in [0.05, 0.1) is 5.69 Å². The third kappa shape index (κ3) is 5.41. The molecule has 1 nitrogen and oxygen atoms in total. The van der Waals surface area contributed by atoms with E-state index in [1.165, 1.54) is 99.6 Å². The number of anilines is 3. The van der Waals surface area contributed by atoms with Crippen molar-refractivity contribution in [1.82, 2.24) is 0 Å². The Bertz CT molecular complexity index is 3500. The van der Waals surface area contributed by atoms with E-state index in [4.69, 9.17) is 0 Å². The highest BCUT2D eigenvalue weighted by molar-refractivity contribution is 7.27. The van der Waals surface area contributed by atoms with Crippen LogP contribution >= 0.6 is 34.0 Å². The number of fused-ring (bicyclic) bond motifs is 9. The summed E-state index contributed by atoms with van der Waals surface area (Å²) in [7, 11) is 0. The summed E-state index contributed by atoms with van der Waals surface area (Å²) in [6.45, 7) is 0. The fourth-order valence-corrected chi connectivity index (χ4v) is 12.4. The normalized spacial score (nSPS) is 11.8. The highest BCUT2D eigenvalue weighted by Crippen LogP contribution is 2.51. The smallest absolute Gasteiger partial charge is 0.0555 e. The summed E-state index contributed by atoms with van der Waals surface area (Å²) in [5, 5.41) is 7.74. The Morgan fingerprint density at radius 3 is 1.62 bits per heavy atom. The Morgan fingerprint density at radius 2 is 0.862 bits per heavy atom. The van der Waals surface area contributed by atoms with Crippen LogP contribution in [0.2, 0.25) is 0 Å². The summed E-state index contributed by atoms with van der Waals surface area (Å²) in [5.74, 6) is 0. The van der Waals surface area contributed by atoms with Crippen LogP contribution < -0.4 is 4.90 Å². The molecule has 4 heteroatoms. The maximum absolute atomic E-state index is 2.51. The van der Waals surface area contributed by atoms with Crippen LogP contribution in [0.4, 0.5) is 17.1 Å². The average Bonchev–Trinajstić information content (AvgIpc) is 3.98. The van der Waals surface area contributed by atoms with Crippen molar-refractivity contribution in [3.63, 3.8) is 0 Å². The van der Waals surface area contributed by atoms with Crippen molar-refractivity contribution >= 4 is 112 Å². The van der Waals surface area contributed by atoms with Crippen LogP contribution in [0.1, 0.15) is 0 Å². The van der Waals surface area contributed by atoms with E-state index in [2.05, 4.69) is 205 Å². The first-order valence-electron chi connectivity index (χ1n) is 19.6. The van der Waals surface area contributed by atoms with Crippen LogP contribution in [0, 0.1) is 0 Å². The summed E-state index contributed by atoms with van der Waals surface area (Å²) < 4.78 is 7.81. The van der Waals surface area contributed by atoms with Gasteiger partial charge in [-0.1, -0.05) is 140 Å². The minimum Gasteiger partial charge on any atom is -0.310 e. The second kappa shape index (κ2) is 13.5. The topological polar surface area (TPSA) is 3.24 Å². The molecule has 0 bridgehead atoms. The van der Waals surface area contributed by atoms with Crippen LogP contribution in [0.25, 0.3) is 93.9 Å². The van der Waals surface area contributed by atoms with Crippen LogP contribution in [-0.4, -0.2) is 0 Å². The van der Waals surface area contributed by atoms with Crippen LogP contribution in [-0.2, 0) is 0 Å². The lowest BCUT2D eigenvalue weighted by Crippen LogP contribution is -2.10. The van der Waals surface area contributed by atoms with E-state index in [1.807, 2.05) is 34.0 Å². The zero-order valence-electron chi connectivity index (χ0n) is 31.2. The Labute approximate surface area is 347 Å².